The molecule has 17 heavy (non-hydrogen) atoms. The summed E-state index contributed by atoms with van der Waals surface area (Å²) < 4.78 is 0. The van der Waals surface area contributed by atoms with E-state index in [9.17, 15) is 4.79 Å². The molecule has 1 aromatic heterocycles. The number of rotatable bonds is 4. The summed E-state index contributed by atoms with van der Waals surface area (Å²) in [4.78, 5) is 10.4. The number of hydrogen-bond acceptors (Lipinski definition) is 4. The molecule has 1 heterocycles. The van der Waals surface area contributed by atoms with Crippen molar-refractivity contribution in [2.24, 2.45) is 0 Å². The Morgan fingerprint density at radius 1 is 1.29 bits per heavy atom. The van der Waals surface area contributed by atoms with Gasteiger partial charge in [-0.15, -0.1) is 10.2 Å². The average molecular weight is 248 g/mol. The fourth-order valence-electron chi connectivity index (χ4n) is 1.38. The van der Waals surface area contributed by atoms with Crippen LogP contribution in [0.3, 0.4) is 0 Å². The van der Waals surface area contributed by atoms with Crippen molar-refractivity contribution >= 4 is 17.3 Å². The number of aryl methyl sites for hydroxylation is 2. The number of benzene rings is 1. The van der Waals surface area contributed by atoms with Crippen molar-refractivity contribution in [1.29, 1.82) is 0 Å². The van der Waals surface area contributed by atoms with E-state index in [4.69, 9.17) is 5.11 Å². The van der Waals surface area contributed by atoms with E-state index in [2.05, 4.69) is 10.2 Å². The Kier molecular flexibility index (Phi) is 3.49. The van der Waals surface area contributed by atoms with E-state index in [-0.39, 0.29) is 6.42 Å². The highest BCUT2D eigenvalue weighted by atomic mass is 32.1. The highest BCUT2D eigenvalue weighted by Crippen LogP contribution is 2.24. The second-order valence-electron chi connectivity index (χ2n) is 3.76. The van der Waals surface area contributed by atoms with Gasteiger partial charge in [-0.25, -0.2) is 0 Å². The van der Waals surface area contributed by atoms with Crippen molar-refractivity contribution in [3.63, 3.8) is 0 Å². The fraction of sp³-hybridized carbons (Fsp3) is 0.250. The van der Waals surface area contributed by atoms with Crippen LogP contribution < -0.4 is 0 Å². The van der Waals surface area contributed by atoms with Gasteiger partial charge in [0, 0.05) is 12.0 Å². The second kappa shape index (κ2) is 5.05. The summed E-state index contributed by atoms with van der Waals surface area (Å²) in [5.41, 5.74) is 2.22. The maximum Gasteiger partial charge on any atom is 0.303 e. The van der Waals surface area contributed by atoms with Crippen molar-refractivity contribution in [2.75, 3.05) is 0 Å². The largest absolute Gasteiger partial charge is 0.481 e. The van der Waals surface area contributed by atoms with Gasteiger partial charge in [-0.05, 0) is 6.92 Å². The molecule has 0 bridgehead atoms. The van der Waals surface area contributed by atoms with E-state index >= 15 is 0 Å². The summed E-state index contributed by atoms with van der Waals surface area (Å²) in [6, 6.07) is 8.04. The maximum atomic E-state index is 10.4. The summed E-state index contributed by atoms with van der Waals surface area (Å²) >= 11 is 1.45. The Balaban J connectivity index is 2.12. The zero-order valence-corrected chi connectivity index (χ0v) is 10.2. The maximum absolute atomic E-state index is 10.4. The van der Waals surface area contributed by atoms with Crippen molar-refractivity contribution in [1.82, 2.24) is 10.2 Å². The third-order valence-electron chi connectivity index (χ3n) is 2.32. The van der Waals surface area contributed by atoms with Crippen LogP contribution in [-0.2, 0) is 11.2 Å². The number of nitrogens with zero attached hydrogens (tertiary/aromatic N) is 2. The molecule has 0 spiro atoms. The number of carbonyl (C=O) groups is 1. The molecule has 1 N–H and O–H groups in total. The predicted octanol–water partition coefficient (Wildman–Crippen LogP) is 2.53. The third-order valence-corrected chi connectivity index (χ3v) is 3.35. The molecular formula is C12H12N2O2S. The van der Waals surface area contributed by atoms with E-state index < -0.39 is 5.97 Å². The molecule has 0 saturated heterocycles. The van der Waals surface area contributed by atoms with Gasteiger partial charge in [0.2, 0.25) is 0 Å². The highest BCUT2D eigenvalue weighted by Gasteiger charge is 2.07. The standard InChI is InChI=1S/C12H12N2O2S/c1-8-2-4-9(5-3-8)12-14-13-10(17-12)6-7-11(15)16/h2-5H,6-7H2,1H3,(H,15,16). The van der Waals surface area contributed by atoms with Gasteiger partial charge in [0.15, 0.2) is 0 Å². The Bertz CT molecular complexity index is 520. The molecule has 5 heteroatoms. The molecule has 0 aliphatic rings. The molecule has 4 nitrogen and oxygen atoms in total. The molecule has 0 aliphatic heterocycles. The normalized spacial score (nSPS) is 10.4. The van der Waals surface area contributed by atoms with Crippen LogP contribution in [0.25, 0.3) is 10.6 Å². The van der Waals surface area contributed by atoms with E-state index in [1.807, 2.05) is 31.2 Å². The number of hydrogen-bond donors (Lipinski definition) is 1. The summed E-state index contributed by atoms with van der Waals surface area (Å²) in [5.74, 6) is -0.808. The SMILES string of the molecule is Cc1ccc(-c2nnc(CCC(=O)O)s2)cc1. The van der Waals surface area contributed by atoms with Gasteiger partial charge in [-0.2, -0.15) is 0 Å². The van der Waals surface area contributed by atoms with E-state index in [1.54, 1.807) is 0 Å². The Hall–Kier alpha value is -1.75. The minimum atomic E-state index is -0.808. The summed E-state index contributed by atoms with van der Waals surface area (Å²) in [6.45, 7) is 2.03. The monoisotopic (exact) mass is 248 g/mol. The molecule has 88 valence electrons. The second-order valence-corrected chi connectivity index (χ2v) is 4.82. The highest BCUT2D eigenvalue weighted by molar-refractivity contribution is 7.14. The first-order valence-electron chi connectivity index (χ1n) is 5.26. The molecule has 0 aliphatic carbocycles. The summed E-state index contributed by atoms with van der Waals surface area (Å²) in [5, 5.41) is 18.3. The van der Waals surface area contributed by atoms with E-state index in [0.29, 0.717) is 6.42 Å². The molecular weight excluding hydrogens is 236 g/mol. The molecule has 0 unspecified atom stereocenters. The molecule has 2 aromatic rings. The Morgan fingerprint density at radius 3 is 2.65 bits per heavy atom. The molecule has 0 amide bonds. The third kappa shape index (κ3) is 3.10. The van der Waals surface area contributed by atoms with Crippen LogP contribution in [0.5, 0.6) is 0 Å². The van der Waals surface area contributed by atoms with Gasteiger partial charge in [0.1, 0.15) is 10.0 Å². The van der Waals surface area contributed by atoms with Crippen LogP contribution in [0.15, 0.2) is 24.3 Å². The van der Waals surface area contributed by atoms with Crippen LogP contribution in [-0.4, -0.2) is 21.3 Å². The van der Waals surface area contributed by atoms with Crippen LogP contribution >= 0.6 is 11.3 Å². The first kappa shape index (κ1) is 11.7. The van der Waals surface area contributed by atoms with Crippen LogP contribution in [0.4, 0.5) is 0 Å². The van der Waals surface area contributed by atoms with Gasteiger partial charge < -0.3 is 5.11 Å². The van der Waals surface area contributed by atoms with Gasteiger partial charge in [0.05, 0.1) is 6.42 Å². The summed E-state index contributed by atoms with van der Waals surface area (Å²) in [7, 11) is 0. The van der Waals surface area contributed by atoms with Crippen molar-refractivity contribution in [3.8, 4) is 10.6 Å². The molecule has 0 radical (unpaired) electrons. The minimum Gasteiger partial charge on any atom is -0.481 e. The molecule has 2 rings (SSSR count). The number of carboxylic acids is 1. The lowest BCUT2D eigenvalue weighted by Gasteiger charge is -1.95. The van der Waals surface area contributed by atoms with Crippen molar-refractivity contribution < 1.29 is 9.90 Å². The number of aromatic nitrogens is 2. The lowest BCUT2D eigenvalue weighted by molar-refractivity contribution is -0.136. The Labute approximate surface area is 103 Å². The molecule has 1 aromatic carbocycles. The first-order valence-corrected chi connectivity index (χ1v) is 6.08. The van der Waals surface area contributed by atoms with Crippen molar-refractivity contribution in [2.45, 2.75) is 19.8 Å². The molecule has 0 fully saturated rings. The summed E-state index contributed by atoms with van der Waals surface area (Å²) in [6.07, 6.45) is 0.543. The smallest absolute Gasteiger partial charge is 0.303 e. The van der Waals surface area contributed by atoms with Crippen LogP contribution in [0, 0.1) is 6.92 Å². The van der Waals surface area contributed by atoms with Crippen molar-refractivity contribution in [3.05, 3.63) is 34.8 Å². The average Bonchev–Trinajstić information content (AvgIpc) is 2.76. The lowest BCUT2D eigenvalue weighted by atomic mass is 10.2. The van der Waals surface area contributed by atoms with Gasteiger partial charge in [-0.1, -0.05) is 41.2 Å². The molecule has 0 saturated carbocycles. The molecule has 0 atom stereocenters. The van der Waals surface area contributed by atoms with Gasteiger partial charge in [-0.3, -0.25) is 4.79 Å². The van der Waals surface area contributed by atoms with E-state index in [0.717, 1.165) is 15.6 Å². The quantitative estimate of drug-likeness (QED) is 0.903. The van der Waals surface area contributed by atoms with Gasteiger partial charge >= 0.3 is 5.97 Å². The predicted molar refractivity (Wildman–Crippen MR) is 66.0 cm³/mol. The fourth-order valence-corrected chi connectivity index (χ4v) is 2.23. The van der Waals surface area contributed by atoms with Crippen LogP contribution in [0.1, 0.15) is 17.0 Å². The minimum absolute atomic E-state index is 0.0997. The van der Waals surface area contributed by atoms with Gasteiger partial charge in [0.25, 0.3) is 0 Å². The lowest BCUT2D eigenvalue weighted by Crippen LogP contribution is -1.96. The first-order chi connectivity index (χ1) is 8.15. The van der Waals surface area contributed by atoms with E-state index in [1.165, 1.54) is 16.9 Å². The zero-order valence-electron chi connectivity index (χ0n) is 9.38. The number of aliphatic carboxylic acids is 1. The Morgan fingerprint density at radius 2 is 2.00 bits per heavy atom. The topological polar surface area (TPSA) is 63.1 Å². The number of carboxylic acid groups (broad SMARTS) is 1. The van der Waals surface area contributed by atoms with Crippen LogP contribution in [0.2, 0.25) is 0 Å². The zero-order chi connectivity index (χ0) is 12.3.